The van der Waals surface area contributed by atoms with Gasteiger partial charge in [0.15, 0.2) is 0 Å². The van der Waals surface area contributed by atoms with Gasteiger partial charge in [-0.25, -0.2) is 0 Å². The second-order valence-corrected chi connectivity index (χ2v) is 3.61. The van der Waals surface area contributed by atoms with Crippen LogP contribution >= 0.6 is 7.60 Å². The third kappa shape index (κ3) is 7.32. The standard InChI is InChI=1S/C3H8N3O4P/c4-6-5-1-3(7)2-11(8,9)10/h3,7H,1-2H2,(H2,8,9,10). The Hall–Kier alpha value is -0.580. The molecule has 1 atom stereocenters. The Kier molecular flexibility index (Phi) is 4.10. The Balaban J connectivity index is 3.78. The van der Waals surface area contributed by atoms with E-state index in [9.17, 15) is 4.57 Å². The minimum Gasteiger partial charge on any atom is -0.392 e. The SMILES string of the molecule is [N-]=[N+]=NCC(O)CP(=O)(O)O. The lowest BCUT2D eigenvalue weighted by atomic mass is 10.4. The molecule has 0 amide bonds. The molecular formula is C3H8N3O4P. The molecule has 0 heterocycles. The number of nitrogens with zero attached hydrogens (tertiary/aromatic N) is 3. The van der Waals surface area contributed by atoms with Crippen LogP contribution in [0, 0.1) is 0 Å². The minimum atomic E-state index is -4.20. The molecule has 64 valence electrons. The maximum Gasteiger partial charge on any atom is 0.328 e. The molecule has 8 heteroatoms. The topological polar surface area (TPSA) is 127 Å². The Morgan fingerprint density at radius 3 is 2.55 bits per heavy atom. The summed E-state index contributed by atoms with van der Waals surface area (Å²) in [6.45, 7) is -0.318. The summed E-state index contributed by atoms with van der Waals surface area (Å²) in [4.78, 5) is 18.9. The van der Waals surface area contributed by atoms with E-state index in [0.717, 1.165) is 0 Å². The van der Waals surface area contributed by atoms with E-state index in [4.69, 9.17) is 20.4 Å². The van der Waals surface area contributed by atoms with Crippen LogP contribution in [0.15, 0.2) is 5.11 Å². The fourth-order valence-electron chi connectivity index (χ4n) is 0.463. The Labute approximate surface area is 62.4 Å². The molecule has 0 bridgehead atoms. The zero-order chi connectivity index (χ0) is 8.91. The summed E-state index contributed by atoms with van der Waals surface area (Å²) >= 11 is 0. The summed E-state index contributed by atoms with van der Waals surface area (Å²) < 4.78 is 10.2. The summed E-state index contributed by atoms with van der Waals surface area (Å²) in [6.07, 6.45) is -1.95. The van der Waals surface area contributed by atoms with Gasteiger partial charge in [-0.3, -0.25) is 4.57 Å². The lowest BCUT2D eigenvalue weighted by molar-refractivity contribution is 0.197. The predicted octanol–water partition coefficient (Wildman–Crippen LogP) is -0.165. The van der Waals surface area contributed by atoms with Gasteiger partial charge < -0.3 is 14.9 Å². The van der Waals surface area contributed by atoms with Crippen molar-refractivity contribution in [1.82, 2.24) is 0 Å². The van der Waals surface area contributed by atoms with Crippen molar-refractivity contribution in [3.63, 3.8) is 0 Å². The highest BCUT2D eigenvalue weighted by Gasteiger charge is 2.18. The van der Waals surface area contributed by atoms with Crippen molar-refractivity contribution in [2.75, 3.05) is 12.7 Å². The first-order chi connectivity index (χ1) is 4.95. The van der Waals surface area contributed by atoms with Crippen LogP contribution in [-0.4, -0.2) is 33.7 Å². The summed E-state index contributed by atoms with van der Waals surface area (Å²) in [5.74, 6) is 0. The lowest BCUT2D eigenvalue weighted by Gasteiger charge is -2.07. The highest BCUT2D eigenvalue weighted by molar-refractivity contribution is 7.51. The van der Waals surface area contributed by atoms with Crippen LogP contribution in [0.25, 0.3) is 10.4 Å². The first-order valence-corrected chi connectivity index (χ1v) is 4.49. The smallest absolute Gasteiger partial charge is 0.328 e. The van der Waals surface area contributed by atoms with Gasteiger partial charge in [-0.15, -0.1) is 0 Å². The van der Waals surface area contributed by atoms with E-state index < -0.39 is 19.9 Å². The zero-order valence-corrected chi connectivity index (χ0v) is 6.42. The molecule has 0 aromatic carbocycles. The van der Waals surface area contributed by atoms with E-state index in [1.807, 2.05) is 0 Å². The third-order valence-corrected chi connectivity index (χ3v) is 1.70. The molecule has 0 aromatic rings. The second kappa shape index (κ2) is 4.33. The summed E-state index contributed by atoms with van der Waals surface area (Å²) in [5, 5.41) is 11.7. The molecule has 0 aromatic heterocycles. The number of rotatable bonds is 4. The van der Waals surface area contributed by atoms with Gasteiger partial charge in [-0.05, 0) is 5.53 Å². The van der Waals surface area contributed by atoms with Crippen molar-refractivity contribution in [3.8, 4) is 0 Å². The average Bonchev–Trinajstić information content (AvgIpc) is 1.79. The van der Waals surface area contributed by atoms with Gasteiger partial charge in [-0.1, -0.05) is 5.11 Å². The molecule has 7 nitrogen and oxygen atoms in total. The normalized spacial score (nSPS) is 13.7. The van der Waals surface area contributed by atoms with Crippen molar-refractivity contribution in [1.29, 1.82) is 0 Å². The van der Waals surface area contributed by atoms with E-state index in [0.29, 0.717) is 0 Å². The highest BCUT2D eigenvalue weighted by atomic mass is 31.2. The molecule has 1 unspecified atom stereocenters. The molecule has 0 rings (SSSR count). The third-order valence-electron chi connectivity index (χ3n) is 0.804. The van der Waals surface area contributed by atoms with Crippen LogP contribution in [0.4, 0.5) is 0 Å². The molecule has 0 radical (unpaired) electrons. The molecule has 0 fully saturated rings. The molecule has 0 spiro atoms. The minimum absolute atomic E-state index is 0.318. The van der Waals surface area contributed by atoms with Crippen LogP contribution in [0.1, 0.15) is 0 Å². The Bertz CT molecular complexity index is 207. The number of aliphatic hydroxyl groups excluding tert-OH is 1. The second-order valence-electron chi connectivity index (χ2n) is 1.91. The number of hydrogen-bond donors (Lipinski definition) is 3. The lowest BCUT2D eigenvalue weighted by Crippen LogP contribution is -2.15. The highest BCUT2D eigenvalue weighted by Crippen LogP contribution is 2.34. The van der Waals surface area contributed by atoms with Crippen LogP contribution in [0.5, 0.6) is 0 Å². The molecule has 3 N–H and O–H groups in total. The van der Waals surface area contributed by atoms with Gasteiger partial charge in [0.05, 0.1) is 18.8 Å². The molecular weight excluding hydrogens is 173 g/mol. The van der Waals surface area contributed by atoms with Gasteiger partial charge in [-0.2, -0.15) is 0 Å². The summed E-state index contributed by atoms with van der Waals surface area (Å²) in [6, 6.07) is 0. The molecule has 0 saturated carbocycles. The maximum absolute atomic E-state index is 10.2. The predicted molar refractivity (Wildman–Crippen MR) is 36.9 cm³/mol. The largest absolute Gasteiger partial charge is 0.392 e. The van der Waals surface area contributed by atoms with E-state index in [1.165, 1.54) is 0 Å². The molecule has 0 aliphatic heterocycles. The fraction of sp³-hybridized carbons (Fsp3) is 1.00. The van der Waals surface area contributed by atoms with Crippen molar-refractivity contribution in [2.24, 2.45) is 5.11 Å². The average molecular weight is 181 g/mol. The van der Waals surface area contributed by atoms with E-state index >= 15 is 0 Å². The summed E-state index contributed by atoms with van der Waals surface area (Å²) in [7, 11) is -4.20. The van der Waals surface area contributed by atoms with Gasteiger partial charge in [0.1, 0.15) is 0 Å². The van der Waals surface area contributed by atoms with Crippen molar-refractivity contribution >= 4 is 7.60 Å². The van der Waals surface area contributed by atoms with E-state index in [2.05, 4.69) is 10.0 Å². The van der Waals surface area contributed by atoms with Gasteiger partial charge in [0, 0.05) is 4.91 Å². The monoisotopic (exact) mass is 181 g/mol. The zero-order valence-electron chi connectivity index (χ0n) is 5.53. The van der Waals surface area contributed by atoms with Gasteiger partial charge in [0.2, 0.25) is 0 Å². The van der Waals surface area contributed by atoms with Crippen LogP contribution < -0.4 is 0 Å². The molecule has 0 aliphatic carbocycles. The van der Waals surface area contributed by atoms with E-state index in [1.54, 1.807) is 0 Å². The number of aliphatic hydroxyl groups is 1. The Morgan fingerprint density at radius 1 is 1.64 bits per heavy atom. The molecule has 11 heavy (non-hydrogen) atoms. The fourth-order valence-corrected chi connectivity index (χ4v) is 1.13. The maximum atomic E-state index is 10.2. The van der Waals surface area contributed by atoms with E-state index in [-0.39, 0.29) is 6.54 Å². The number of hydrogen-bond acceptors (Lipinski definition) is 3. The quantitative estimate of drug-likeness (QED) is 0.241. The van der Waals surface area contributed by atoms with Gasteiger partial charge in [0.25, 0.3) is 0 Å². The first kappa shape index (κ1) is 10.4. The van der Waals surface area contributed by atoms with Crippen LogP contribution in [0.2, 0.25) is 0 Å². The summed E-state index contributed by atoms with van der Waals surface area (Å²) in [5.41, 5.74) is 7.77. The van der Waals surface area contributed by atoms with Gasteiger partial charge >= 0.3 is 7.60 Å². The molecule has 0 saturated heterocycles. The van der Waals surface area contributed by atoms with Crippen LogP contribution in [0.3, 0.4) is 0 Å². The van der Waals surface area contributed by atoms with Crippen molar-refractivity contribution < 1.29 is 19.5 Å². The Morgan fingerprint density at radius 2 is 2.18 bits per heavy atom. The van der Waals surface area contributed by atoms with Crippen LogP contribution in [-0.2, 0) is 4.57 Å². The number of azide groups is 1. The van der Waals surface area contributed by atoms with Crippen molar-refractivity contribution in [3.05, 3.63) is 10.4 Å². The van der Waals surface area contributed by atoms with Crippen molar-refractivity contribution in [2.45, 2.75) is 6.10 Å². The first-order valence-electron chi connectivity index (χ1n) is 2.69. The molecule has 0 aliphatic rings.